The van der Waals surface area contributed by atoms with Crippen LogP contribution in [0.4, 0.5) is 14.5 Å². The Kier molecular flexibility index (Phi) is 5.03. The molecule has 0 saturated carbocycles. The highest BCUT2D eigenvalue weighted by Crippen LogP contribution is 2.21. The van der Waals surface area contributed by atoms with Gasteiger partial charge in [-0.15, -0.1) is 0 Å². The van der Waals surface area contributed by atoms with E-state index < -0.39 is 23.2 Å². The van der Waals surface area contributed by atoms with Gasteiger partial charge in [-0.25, -0.2) is 13.6 Å². The van der Waals surface area contributed by atoms with Gasteiger partial charge >= 0.3 is 5.97 Å². The Balaban J connectivity index is 2.79. The molecule has 0 aromatic heterocycles. The molecule has 1 aromatic rings. The van der Waals surface area contributed by atoms with Gasteiger partial charge in [0.2, 0.25) is 0 Å². The largest absolute Gasteiger partial charge is 0.478 e. The number of anilines is 1. The molecule has 18 heavy (non-hydrogen) atoms. The van der Waals surface area contributed by atoms with Gasteiger partial charge in [0, 0.05) is 13.2 Å². The number of halogens is 2. The van der Waals surface area contributed by atoms with Gasteiger partial charge in [-0.2, -0.15) is 0 Å². The topological polar surface area (TPSA) is 69.6 Å². The van der Waals surface area contributed by atoms with Crippen LogP contribution >= 0.6 is 0 Å². The van der Waals surface area contributed by atoms with Crippen molar-refractivity contribution in [2.24, 2.45) is 5.92 Å². The maximum Gasteiger partial charge on any atom is 0.338 e. The number of benzene rings is 1. The van der Waals surface area contributed by atoms with Gasteiger partial charge in [-0.3, -0.25) is 0 Å². The molecule has 0 saturated heterocycles. The standard InChI is InChI=1S/C12H15F2NO3/c1-7(4-5-16)6-15-9-3-2-8(12(17)18)10(13)11(9)14/h2-3,7,15-16H,4-6H2,1H3,(H,17,18). The Morgan fingerprint density at radius 3 is 2.61 bits per heavy atom. The van der Waals surface area contributed by atoms with Gasteiger partial charge in [0.15, 0.2) is 11.6 Å². The number of nitrogens with one attached hydrogen (secondary N) is 1. The molecule has 4 nitrogen and oxygen atoms in total. The van der Waals surface area contributed by atoms with Crippen LogP contribution in [-0.4, -0.2) is 29.3 Å². The summed E-state index contributed by atoms with van der Waals surface area (Å²) in [6, 6.07) is 2.20. The Labute approximate surface area is 103 Å². The number of carboxylic acid groups (broad SMARTS) is 1. The first-order valence-corrected chi connectivity index (χ1v) is 5.53. The van der Waals surface area contributed by atoms with E-state index in [2.05, 4.69) is 5.32 Å². The minimum Gasteiger partial charge on any atom is -0.478 e. The van der Waals surface area contributed by atoms with Crippen molar-refractivity contribution in [2.45, 2.75) is 13.3 Å². The minimum atomic E-state index is -1.51. The van der Waals surface area contributed by atoms with Gasteiger partial charge in [0.05, 0.1) is 11.3 Å². The summed E-state index contributed by atoms with van der Waals surface area (Å²) in [6.07, 6.45) is 0.546. The predicted molar refractivity (Wildman–Crippen MR) is 62.7 cm³/mol. The summed E-state index contributed by atoms with van der Waals surface area (Å²) in [7, 11) is 0. The maximum atomic E-state index is 13.5. The van der Waals surface area contributed by atoms with Crippen molar-refractivity contribution in [2.75, 3.05) is 18.5 Å². The summed E-state index contributed by atoms with van der Waals surface area (Å²) in [4.78, 5) is 10.6. The van der Waals surface area contributed by atoms with Gasteiger partial charge in [0.25, 0.3) is 0 Å². The number of aliphatic hydroxyl groups is 1. The van der Waals surface area contributed by atoms with Crippen LogP contribution in [-0.2, 0) is 0 Å². The molecule has 0 aliphatic carbocycles. The highest BCUT2D eigenvalue weighted by molar-refractivity contribution is 5.88. The third-order valence-corrected chi connectivity index (χ3v) is 2.58. The first-order chi connectivity index (χ1) is 8.47. The molecule has 1 rings (SSSR count). The lowest BCUT2D eigenvalue weighted by molar-refractivity contribution is 0.0690. The van der Waals surface area contributed by atoms with Crippen molar-refractivity contribution >= 4 is 11.7 Å². The van der Waals surface area contributed by atoms with Crippen LogP contribution in [0.1, 0.15) is 23.7 Å². The van der Waals surface area contributed by atoms with E-state index in [1.54, 1.807) is 0 Å². The molecule has 100 valence electrons. The van der Waals surface area contributed by atoms with Crippen LogP contribution in [0, 0.1) is 17.6 Å². The summed E-state index contributed by atoms with van der Waals surface area (Å²) in [6.45, 7) is 2.24. The summed E-state index contributed by atoms with van der Waals surface area (Å²) in [5.41, 5.74) is -0.774. The second-order valence-electron chi connectivity index (χ2n) is 4.09. The van der Waals surface area contributed by atoms with Crippen LogP contribution in [0.15, 0.2) is 12.1 Å². The lowest BCUT2D eigenvalue weighted by atomic mass is 10.1. The van der Waals surface area contributed by atoms with Crippen molar-refractivity contribution in [1.29, 1.82) is 0 Å². The lowest BCUT2D eigenvalue weighted by Gasteiger charge is -2.13. The van der Waals surface area contributed by atoms with Gasteiger partial charge in [-0.05, 0) is 24.5 Å². The second kappa shape index (κ2) is 6.30. The fourth-order valence-electron chi connectivity index (χ4n) is 1.46. The molecular formula is C12H15F2NO3. The molecule has 3 N–H and O–H groups in total. The number of aromatic carboxylic acids is 1. The second-order valence-corrected chi connectivity index (χ2v) is 4.09. The highest BCUT2D eigenvalue weighted by Gasteiger charge is 2.17. The predicted octanol–water partition coefficient (Wildman–Crippen LogP) is 2.09. The molecular weight excluding hydrogens is 244 g/mol. The summed E-state index contributed by atoms with van der Waals surface area (Å²) < 4.78 is 26.9. The van der Waals surface area contributed by atoms with Crippen LogP contribution in [0.5, 0.6) is 0 Å². The zero-order valence-corrected chi connectivity index (χ0v) is 9.91. The molecule has 1 atom stereocenters. The van der Waals surface area contributed by atoms with Crippen molar-refractivity contribution in [3.05, 3.63) is 29.3 Å². The molecule has 0 fully saturated rings. The smallest absolute Gasteiger partial charge is 0.338 e. The molecule has 0 aliphatic heterocycles. The van der Waals surface area contributed by atoms with E-state index in [1.807, 2.05) is 6.92 Å². The fourth-order valence-corrected chi connectivity index (χ4v) is 1.46. The number of rotatable bonds is 6. The molecule has 1 unspecified atom stereocenters. The average Bonchev–Trinajstić information content (AvgIpc) is 2.31. The maximum absolute atomic E-state index is 13.5. The first-order valence-electron chi connectivity index (χ1n) is 5.53. The molecule has 0 bridgehead atoms. The summed E-state index contributed by atoms with van der Waals surface area (Å²) in [5.74, 6) is -3.99. The summed E-state index contributed by atoms with van der Waals surface area (Å²) in [5, 5.41) is 20.0. The van der Waals surface area contributed by atoms with Gasteiger partial charge < -0.3 is 15.5 Å². The van der Waals surface area contributed by atoms with Crippen molar-refractivity contribution in [3.8, 4) is 0 Å². The van der Waals surface area contributed by atoms with Gasteiger partial charge in [-0.1, -0.05) is 6.92 Å². The van der Waals surface area contributed by atoms with Crippen molar-refractivity contribution in [3.63, 3.8) is 0 Å². The normalized spacial score (nSPS) is 12.2. The number of aliphatic hydroxyl groups excluding tert-OH is 1. The minimum absolute atomic E-state index is 0.0254. The van der Waals surface area contributed by atoms with Crippen molar-refractivity contribution in [1.82, 2.24) is 0 Å². The van der Waals surface area contributed by atoms with Gasteiger partial charge in [0.1, 0.15) is 0 Å². The average molecular weight is 259 g/mol. The first kappa shape index (κ1) is 14.4. The monoisotopic (exact) mass is 259 g/mol. The highest BCUT2D eigenvalue weighted by atomic mass is 19.2. The van der Waals surface area contributed by atoms with E-state index in [0.29, 0.717) is 13.0 Å². The van der Waals surface area contributed by atoms with E-state index in [4.69, 9.17) is 10.2 Å². The number of hydrogen-bond acceptors (Lipinski definition) is 3. The quantitative estimate of drug-likeness (QED) is 0.731. The Hall–Kier alpha value is -1.69. The molecule has 0 radical (unpaired) electrons. The fraction of sp³-hybridized carbons (Fsp3) is 0.417. The van der Waals surface area contributed by atoms with Crippen LogP contribution in [0.3, 0.4) is 0 Å². The molecule has 1 aromatic carbocycles. The third kappa shape index (κ3) is 3.40. The Morgan fingerprint density at radius 2 is 2.06 bits per heavy atom. The summed E-state index contributed by atoms with van der Waals surface area (Å²) >= 11 is 0. The number of carboxylic acids is 1. The Morgan fingerprint density at radius 1 is 1.39 bits per heavy atom. The molecule has 0 heterocycles. The van der Waals surface area contributed by atoms with E-state index in [0.717, 1.165) is 6.07 Å². The van der Waals surface area contributed by atoms with Crippen LogP contribution in [0.2, 0.25) is 0 Å². The van der Waals surface area contributed by atoms with Crippen molar-refractivity contribution < 1.29 is 23.8 Å². The van der Waals surface area contributed by atoms with E-state index in [1.165, 1.54) is 6.07 Å². The molecule has 0 aliphatic rings. The molecule has 6 heteroatoms. The van der Waals surface area contributed by atoms with Crippen LogP contribution < -0.4 is 5.32 Å². The Bertz CT molecular complexity index is 438. The van der Waals surface area contributed by atoms with E-state index in [9.17, 15) is 13.6 Å². The zero-order chi connectivity index (χ0) is 13.7. The lowest BCUT2D eigenvalue weighted by Crippen LogP contribution is -2.14. The zero-order valence-electron chi connectivity index (χ0n) is 9.91. The van der Waals surface area contributed by atoms with E-state index in [-0.39, 0.29) is 18.2 Å². The number of carbonyl (C=O) groups is 1. The van der Waals surface area contributed by atoms with Crippen LogP contribution in [0.25, 0.3) is 0 Å². The van der Waals surface area contributed by atoms with E-state index >= 15 is 0 Å². The SMILES string of the molecule is CC(CCO)CNc1ccc(C(=O)O)c(F)c1F. The molecule has 0 spiro atoms. The number of hydrogen-bond donors (Lipinski definition) is 3. The molecule has 0 amide bonds. The third-order valence-electron chi connectivity index (χ3n) is 2.58.